The number of aliphatic hydroxyl groups is 1. The van der Waals surface area contributed by atoms with Crippen LogP contribution in [0.3, 0.4) is 0 Å². The van der Waals surface area contributed by atoms with Crippen LogP contribution in [0, 0.1) is 5.82 Å². The first-order valence-electron chi connectivity index (χ1n) is 5.84. The van der Waals surface area contributed by atoms with Gasteiger partial charge in [-0.25, -0.2) is 4.39 Å². The normalized spacial score (nSPS) is 12.6. The van der Waals surface area contributed by atoms with Crippen molar-refractivity contribution in [2.24, 2.45) is 0 Å². The molecule has 3 N–H and O–H groups in total. The van der Waals surface area contributed by atoms with E-state index in [9.17, 15) is 9.18 Å². The Kier molecular flexibility index (Phi) is 3.62. The Bertz CT molecular complexity index is 561. The Hall–Kier alpha value is -1.88. The zero-order valence-electron chi connectivity index (χ0n) is 10.0. The van der Waals surface area contributed by atoms with Crippen LogP contribution >= 0.6 is 0 Å². The van der Waals surface area contributed by atoms with Gasteiger partial charge in [0.05, 0.1) is 18.2 Å². The molecule has 2 aromatic rings. The Morgan fingerprint density at radius 3 is 3.00 bits per heavy atom. The number of H-pyrrole nitrogens is 1. The number of benzene rings is 1. The highest BCUT2D eigenvalue weighted by Crippen LogP contribution is 2.19. The summed E-state index contributed by atoms with van der Waals surface area (Å²) in [6.07, 6.45) is 2.20. The summed E-state index contributed by atoms with van der Waals surface area (Å²) in [6, 6.07) is 3.96. The molecule has 1 aromatic heterocycles. The summed E-state index contributed by atoms with van der Waals surface area (Å²) in [5, 5.41) is 12.4. The molecule has 5 heteroatoms. The number of carbonyl (C=O) groups is 1. The molecule has 1 atom stereocenters. The second kappa shape index (κ2) is 5.18. The van der Waals surface area contributed by atoms with Gasteiger partial charge in [0.15, 0.2) is 0 Å². The van der Waals surface area contributed by atoms with Crippen molar-refractivity contribution < 1.29 is 14.3 Å². The SMILES string of the molecule is CCC(CO)NC(=O)c1c[nH]c2cc(F)ccc12. The average molecular weight is 250 g/mol. The maximum atomic E-state index is 13.0. The summed E-state index contributed by atoms with van der Waals surface area (Å²) in [5.41, 5.74) is 1.04. The van der Waals surface area contributed by atoms with E-state index >= 15 is 0 Å². The van der Waals surface area contributed by atoms with E-state index in [0.717, 1.165) is 0 Å². The van der Waals surface area contributed by atoms with Crippen molar-refractivity contribution in [1.29, 1.82) is 0 Å². The predicted octanol–water partition coefficient (Wildman–Crippen LogP) is 1.81. The number of aromatic nitrogens is 1. The number of amides is 1. The van der Waals surface area contributed by atoms with E-state index in [1.165, 1.54) is 12.1 Å². The number of aromatic amines is 1. The number of halogens is 1. The van der Waals surface area contributed by atoms with Gasteiger partial charge in [-0.3, -0.25) is 4.79 Å². The van der Waals surface area contributed by atoms with Crippen LogP contribution < -0.4 is 5.32 Å². The standard InChI is InChI=1S/C13H15FN2O2/c1-2-9(7-17)16-13(18)11-6-15-12-5-8(14)3-4-10(11)12/h3-6,9,15,17H,2,7H2,1H3,(H,16,18). The quantitative estimate of drug-likeness (QED) is 0.774. The fourth-order valence-electron chi connectivity index (χ4n) is 1.83. The van der Waals surface area contributed by atoms with Gasteiger partial charge < -0.3 is 15.4 Å². The molecule has 0 aliphatic carbocycles. The van der Waals surface area contributed by atoms with Gasteiger partial charge in [-0.15, -0.1) is 0 Å². The van der Waals surface area contributed by atoms with Crippen molar-refractivity contribution in [3.05, 3.63) is 35.8 Å². The zero-order valence-corrected chi connectivity index (χ0v) is 10.0. The Labute approximate surface area is 104 Å². The highest BCUT2D eigenvalue weighted by molar-refractivity contribution is 6.06. The van der Waals surface area contributed by atoms with Crippen molar-refractivity contribution in [1.82, 2.24) is 10.3 Å². The maximum Gasteiger partial charge on any atom is 0.253 e. The number of aliphatic hydroxyl groups excluding tert-OH is 1. The zero-order chi connectivity index (χ0) is 13.1. The van der Waals surface area contributed by atoms with E-state index in [2.05, 4.69) is 10.3 Å². The molecular formula is C13H15FN2O2. The van der Waals surface area contributed by atoms with Crippen LogP contribution in [-0.4, -0.2) is 28.6 Å². The molecule has 1 amide bonds. The monoisotopic (exact) mass is 250 g/mol. The summed E-state index contributed by atoms with van der Waals surface area (Å²) in [6.45, 7) is 1.78. The van der Waals surface area contributed by atoms with E-state index in [1.54, 1.807) is 12.3 Å². The predicted molar refractivity (Wildman–Crippen MR) is 66.9 cm³/mol. The van der Waals surface area contributed by atoms with Crippen molar-refractivity contribution in [2.45, 2.75) is 19.4 Å². The molecule has 1 unspecified atom stereocenters. The molecule has 0 bridgehead atoms. The molecule has 4 nitrogen and oxygen atoms in total. The lowest BCUT2D eigenvalue weighted by atomic mass is 10.1. The van der Waals surface area contributed by atoms with Crippen LogP contribution in [0.4, 0.5) is 4.39 Å². The minimum atomic E-state index is -0.349. The molecule has 0 fully saturated rings. The number of nitrogens with one attached hydrogen (secondary N) is 2. The number of rotatable bonds is 4. The third-order valence-electron chi connectivity index (χ3n) is 2.94. The van der Waals surface area contributed by atoms with Crippen LogP contribution in [0.15, 0.2) is 24.4 Å². The molecular weight excluding hydrogens is 235 g/mol. The topological polar surface area (TPSA) is 65.1 Å². The third-order valence-corrected chi connectivity index (χ3v) is 2.94. The third kappa shape index (κ3) is 2.36. The molecule has 0 spiro atoms. The average Bonchev–Trinajstić information content (AvgIpc) is 2.78. The second-order valence-electron chi connectivity index (χ2n) is 4.15. The van der Waals surface area contributed by atoms with Crippen LogP contribution in [0.25, 0.3) is 10.9 Å². The Morgan fingerprint density at radius 1 is 1.56 bits per heavy atom. The van der Waals surface area contributed by atoms with Gasteiger partial charge in [0.2, 0.25) is 0 Å². The largest absolute Gasteiger partial charge is 0.394 e. The minimum Gasteiger partial charge on any atom is -0.394 e. The van der Waals surface area contributed by atoms with Gasteiger partial charge in [-0.1, -0.05) is 6.92 Å². The van der Waals surface area contributed by atoms with Gasteiger partial charge in [0.1, 0.15) is 5.82 Å². The fraction of sp³-hybridized carbons (Fsp3) is 0.308. The van der Waals surface area contributed by atoms with Crippen molar-refractivity contribution >= 4 is 16.8 Å². The molecule has 0 saturated heterocycles. The molecule has 18 heavy (non-hydrogen) atoms. The molecule has 1 heterocycles. The summed E-state index contributed by atoms with van der Waals surface area (Å²) in [7, 11) is 0. The number of hydrogen-bond donors (Lipinski definition) is 3. The Balaban J connectivity index is 2.28. The lowest BCUT2D eigenvalue weighted by Crippen LogP contribution is -2.36. The van der Waals surface area contributed by atoms with Crippen LogP contribution in [0.5, 0.6) is 0 Å². The fourth-order valence-corrected chi connectivity index (χ4v) is 1.83. The van der Waals surface area contributed by atoms with E-state index in [4.69, 9.17) is 5.11 Å². The lowest BCUT2D eigenvalue weighted by molar-refractivity contribution is 0.0916. The van der Waals surface area contributed by atoms with E-state index in [-0.39, 0.29) is 24.4 Å². The summed E-state index contributed by atoms with van der Waals surface area (Å²) in [4.78, 5) is 14.9. The molecule has 1 aromatic carbocycles. The van der Waals surface area contributed by atoms with Crippen molar-refractivity contribution in [2.75, 3.05) is 6.61 Å². The minimum absolute atomic E-state index is 0.0980. The molecule has 96 valence electrons. The highest BCUT2D eigenvalue weighted by atomic mass is 19.1. The lowest BCUT2D eigenvalue weighted by Gasteiger charge is -2.13. The maximum absolute atomic E-state index is 13.0. The van der Waals surface area contributed by atoms with Crippen LogP contribution in [-0.2, 0) is 0 Å². The molecule has 0 aliphatic heterocycles. The number of hydrogen-bond acceptors (Lipinski definition) is 2. The van der Waals surface area contributed by atoms with Gasteiger partial charge in [0.25, 0.3) is 5.91 Å². The summed E-state index contributed by atoms with van der Waals surface area (Å²) < 4.78 is 13.0. The molecule has 0 radical (unpaired) electrons. The summed E-state index contributed by atoms with van der Waals surface area (Å²) in [5.74, 6) is -0.619. The molecule has 0 aliphatic rings. The van der Waals surface area contributed by atoms with E-state index in [0.29, 0.717) is 22.9 Å². The first kappa shape index (κ1) is 12.6. The smallest absolute Gasteiger partial charge is 0.253 e. The first-order valence-corrected chi connectivity index (χ1v) is 5.84. The highest BCUT2D eigenvalue weighted by Gasteiger charge is 2.15. The van der Waals surface area contributed by atoms with Gasteiger partial charge >= 0.3 is 0 Å². The van der Waals surface area contributed by atoms with Gasteiger partial charge in [-0.2, -0.15) is 0 Å². The van der Waals surface area contributed by atoms with Crippen LogP contribution in [0.1, 0.15) is 23.7 Å². The number of fused-ring (bicyclic) bond motifs is 1. The number of carbonyl (C=O) groups excluding carboxylic acids is 1. The van der Waals surface area contributed by atoms with E-state index < -0.39 is 0 Å². The molecule has 0 saturated carbocycles. The van der Waals surface area contributed by atoms with E-state index in [1.807, 2.05) is 6.92 Å². The van der Waals surface area contributed by atoms with Crippen molar-refractivity contribution in [3.63, 3.8) is 0 Å². The second-order valence-corrected chi connectivity index (χ2v) is 4.15. The van der Waals surface area contributed by atoms with Gasteiger partial charge in [-0.05, 0) is 24.6 Å². The van der Waals surface area contributed by atoms with Crippen molar-refractivity contribution in [3.8, 4) is 0 Å². The molecule has 2 rings (SSSR count). The summed E-state index contributed by atoms with van der Waals surface area (Å²) >= 11 is 0. The first-order chi connectivity index (χ1) is 8.65. The van der Waals surface area contributed by atoms with Gasteiger partial charge in [0, 0.05) is 17.1 Å². The van der Waals surface area contributed by atoms with Crippen LogP contribution in [0.2, 0.25) is 0 Å². The Morgan fingerprint density at radius 2 is 2.33 bits per heavy atom.